The Bertz CT molecular complexity index is 738. The molecule has 0 saturated carbocycles. The number of rotatable bonds is 5. The second-order valence-corrected chi connectivity index (χ2v) is 4.62. The number of carboxylic acids is 1. The van der Waals surface area contributed by atoms with Crippen molar-refractivity contribution in [3.63, 3.8) is 0 Å². The van der Waals surface area contributed by atoms with E-state index in [1.165, 1.54) is 0 Å². The highest BCUT2D eigenvalue weighted by Crippen LogP contribution is 2.28. The average molecular weight is 305 g/mol. The molecule has 2 aromatic rings. The molecule has 0 spiro atoms. The lowest BCUT2D eigenvalue weighted by molar-refractivity contribution is 0.0680. The van der Waals surface area contributed by atoms with Gasteiger partial charge in [0.25, 0.3) is 0 Å². The third-order valence-corrected chi connectivity index (χ3v) is 3.24. The summed E-state index contributed by atoms with van der Waals surface area (Å²) in [7, 11) is 0. The Labute approximate surface area is 125 Å². The van der Waals surface area contributed by atoms with Crippen LogP contribution in [0.4, 0.5) is 0 Å². The number of aromatic nitrogens is 1. The van der Waals surface area contributed by atoms with Gasteiger partial charge in [-0.05, 0) is 5.56 Å². The molecule has 1 atom stereocenters. The van der Waals surface area contributed by atoms with Gasteiger partial charge in [0.15, 0.2) is 5.75 Å². The minimum absolute atomic E-state index is 0.186. The summed E-state index contributed by atoms with van der Waals surface area (Å²) in [4.78, 5) is 23.0. The fourth-order valence-corrected chi connectivity index (χ4v) is 2.24. The van der Waals surface area contributed by atoms with Crippen LogP contribution in [0.1, 0.15) is 27.8 Å². The highest BCUT2D eigenvalue weighted by atomic mass is 16.4. The van der Waals surface area contributed by atoms with E-state index in [1.54, 1.807) is 30.3 Å². The van der Waals surface area contributed by atoms with Crippen LogP contribution in [-0.2, 0) is 6.54 Å². The summed E-state index contributed by atoms with van der Waals surface area (Å²) in [5.41, 5.74) is -1.20. The molecule has 1 aromatic carbocycles. The minimum atomic E-state index is -1.40. The third-order valence-electron chi connectivity index (χ3n) is 3.24. The van der Waals surface area contributed by atoms with Gasteiger partial charge < -0.3 is 25.0 Å². The summed E-state index contributed by atoms with van der Waals surface area (Å²) in [5, 5.41) is 38.7. The van der Waals surface area contributed by atoms with Gasteiger partial charge in [0.05, 0.1) is 12.3 Å². The zero-order chi connectivity index (χ0) is 16.3. The highest BCUT2D eigenvalue weighted by molar-refractivity contribution is 5.86. The molecular formula is C15H15NO6. The quantitative estimate of drug-likeness (QED) is 0.632. The summed E-state index contributed by atoms with van der Waals surface area (Å²) >= 11 is 0. The van der Waals surface area contributed by atoms with Gasteiger partial charge >= 0.3 is 5.97 Å². The molecule has 2 rings (SSSR count). The number of hydrogen-bond donors (Lipinski definition) is 4. The van der Waals surface area contributed by atoms with E-state index in [2.05, 4.69) is 0 Å². The molecule has 1 unspecified atom stereocenters. The van der Waals surface area contributed by atoms with E-state index in [0.29, 0.717) is 5.56 Å². The molecule has 0 bridgehead atoms. The second kappa shape index (κ2) is 6.42. The van der Waals surface area contributed by atoms with Crippen molar-refractivity contribution in [3.05, 3.63) is 63.6 Å². The number of pyridine rings is 1. The van der Waals surface area contributed by atoms with E-state index < -0.39 is 35.6 Å². The van der Waals surface area contributed by atoms with Crippen LogP contribution in [0.5, 0.6) is 5.75 Å². The SMILES string of the molecule is O=C(O)c1cc(=O)c(O)c(C(O)c2ccccc2)n1CCO. The molecular weight excluding hydrogens is 290 g/mol. The van der Waals surface area contributed by atoms with Crippen molar-refractivity contribution < 1.29 is 25.2 Å². The molecule has 0 amide bonds. The molecule has 0 radical (unpaired) electrons. The first-order valence-electron chi connectivity index (χ1n) is 6.51. The Morgan fingerprint density at radius 3 is 2.41 bits per heavy atom. The van der Waals surface area contributed by atoms with Gasteiger partial charge in [-0.25, -0.2) is 4.79 Å². The van der Waals surface area contributed by atoms with E-state index in [-0.39, 0.29) is 12.2 Å². The Kier molecular flexibility index (Phi) is 4.59. The molecule has 7 heteroatoms. The minimum Gasteiger partial charge on any atom is -0.503 e. The van der Waals surface area contributed by atoms with Crippen LogP contribution < -0.4 is 5.43 Å². The van der Waals surface area contributed by atoms with E-state index in [0.717, 1.165) is 10.6 Å². The molecule has 116 valence electrons. The summed E-state index contributed by atoms with van der Waals surface area (Å²) in [6, 6.07) is 8.95. The normalized spacial score (nSPS) is 12.1. The van der Waals surface area contributed by atoms with Crippen LogP contribution in [0.3, 0.4) is 0 Å². The molecule has 22 heavy (non-hydrogen) atoms. The standard InChI is InChI=1S/C15H15NO6/c17-7-6-16-10(15(21)22)8-11(18)14(20)12(16)13(19)9-4-2-1-3-5-9/h1-5,8,13,17,19-20H,6-7H2,(H,21,22). The number of aliphatic hydroxyl groups is 2. The van der Waals surface area contributed by atoms with Crippen molar-refractivity contribution in [3.8, 4) is 5.75 Å². The summed E-state index contributed by atoms with van der Waals surface area (Å²) < 4.78 is 1.02. The average Bonchev–Trinajstić information content (AvgIpc) is 2.51. The predicted molar refractivity (Wildman–Crippen MR) is 76.9 cm³/mol. The van der Waals surface area contributed by atoms with Gasteiger partial charge in [-0.3, -0.25) is 4.79 Å². The number of nitrogens with zero attached hydrogens (tertiary/aromatic N) is 1. The molecule has 0 aliphatic carbocycles. The van der Waals surface area contributed by atoms with Gasteiger partial charge in [-0.1, -0.05) is 30.3 Å². The summed E-state index contributed by atoms with van der Waals surface area (Å²) in [6.07, 6.45) is -1.40. The van der Waals surface area contributed by atoms with E-state index >= 15 is 0 Å². The first-order chi connectivity index (χ1) is 10.5. The zero-order valence-electron chi connectivity index (χ0n) is 11.5. The van der Waals surface area contributed by atoms with Crippen molar-refractivity contribution in [1.82, 2.24) is 4.57 Å². The smallest absolute Gasteiger partial charge is 0.352 e. The lowest BCUT2D eigenvalue weighted by Crippen LogP contribution is -2.24. The van der Waals surface area contributed by atoms with E-state index in [4.69, 9.17) is 5.11 Å². The largest absolute Gasteiger partial charge is 0.503 e. The van der Waals surface area contributed by atoms with Crippen molar-refractivity contribution in [2.45, 2.75) is 12.6 Å². The van der Waals surface area contributed by atoms with Crippen LogP contribution in [-0.4, -0.2) is 37.6 Å². The summed E-state index contributed by atoms with van der Waals surface area (Å²) in [5.74, 6) is -2.14. The van der Waals surface area contributed by atoms with E-state index in [1.807, 2.05) is 0 Å². The van der Waals surface area contributed by atoms with Gasteiger partial charge in [-0.15, -0.1) is 0 Å². The first kappa shape index (κ1) is 15.7. The molecule has 7 nitrogen and oxygen atoms in total. The maximum atomic E-state index is 11.8. The fraction of sp³-hybridized carbons (Fsp3) is 0.200. The monoisotopic (exact) mass is 305 g/mol. The van der Waals surface area contributed by atoms with Crippen molar-refractivity contribution in [1.29, 1.82) is 0 Å². The highest BCUT2D eigenvalue weighted by Gasteiger charge is 2.24. The Balaban J connectivity index is 2.72. The molecule has 0 aliphatic rings. The lowest BCUT2D eigenvalue weighted by atomic mass is 10.0. The Morgan fingerprint density at radius 1 is 1.23 bits per heavy atom. The van der Waals surface area contributed by atoms with E-state index in [9.17, 15) is 24.9 Å². The number of carboxylic acid groups (broad SMARTS) is 1. The molecule has 1 heterocycles. The topological polar surface area (TPSA) is 120 Å². The molecule has 0 fully saturated rings. The van der Waals surface area contributed by atoms with Crippen LogP contribution in [0, 0.1) is 0 Å². The number of hydrogen-bond acceptors (Lipinski definition) is 5. The first-order valence-corrected chi connectivity index (χ1v) is 6.51. The van der Waals surface area contributed by atoms with Gasteiger partial charge in [0.2, 0.25) is 5.43 Å². The van der Waals surface area contributed by atoms with Crippen LogP contribution >= 0.6 is 0 Å². The van der Waals surface area contributed by atoms with Gasteiger partial charge in [-0.2, -0.15) is 0 Å². The molecule has 0 aliphatic heterocycles. The van der Waals surface area contributed by atoms with Crippen molar-refractivity contribution in [2.75, 3.05) is 6.61 Å². The van der Waals surface area contributed by atoms with Gasteiger partial charge in [0, 0.05) is 12.6 Å². The Hall–Kier alpha value is -2.64. The van der Waals surface area contributed by atoms with Crippen LogP contribution in [0.2, 0.25) is 0 Å². The van der Waals surface area contributed by atoms with Crippen LogP contribution in [0.25, 0.3) is 0 Å². The van der Waals surface area contributed by atoms with Gasteiger partial charge in [0.1, 0.15) is 11.8 Å². The number of aliphatic hydroxyl groups excluding tert-OH is 2. The van der Waals surface area contributed by atoms with Crippen LogP contribution in [0.15, 0.2) is 41.2 Å². The maximum Gasteiger partial charge on any atom is 0.352 e. The molecule has 4 N–H and O–H groups in total. The third kappa shape index (κ3) is 2.85. The predicted octanol–water partition coefficient (Wildman–Crippen LogP) is 0.326. The maximum absolute atomic E-state index is 11.8. The van der Waals surface area contributed by atoms with Crippen molar-refractivity contribution >= 4 is 5.97 Å². The number of aromatic carboxylic acids is 1. The number of carbonyl (C=O) groups is 1. The lowest BCUT2D eigenvalue weighted by Gasteiger charge is -2.21. The zero-order valence-corrected chi connectivity index (χ0v) is 11.5. The molecule has 0 saturated heterocycles. The number of benzene rings is 1. The fourth-order valence-electron chi connectivity index (χ4n) is 2.24. The summed E-state index contributed by atoms with van der Waals surface area (Å²) in [6.45, 7) is -0.605. The Morgan fingerprint density at radius 2 is 1.86 bits per heavy atom. The molecule has 1 aromatic heterocycles. The second-order valence-electron chi connectivity index (χ2n) is 4.62. The van der Waals surface area contributed by atoms with Crippen molar-refractivity contribution in [2.24, 2.45) is 0 Å². The number of aromatic hydroxyl groups is 1.